The van der Waals surface area contributed by atoms with E-state index in [1.807, 2.05) is 5.48 Å². The standard InChI is InChI=1S/C12H10F3NO3/c13-12(14,15)8-10(17)6-7-16-19-11(18)9-4-2-1-3-5-9/h1-7,16H,8H2/b7-6+. The zero-order chi connectivity index (χ0) is 14.3. The Hall–Kier alpha value is -2.31. The first-order chi connectivity index (χ1) is 8.88. The van der Waals surface area contributed by atoms with Crippen LogP contribution in [0.25, 0.3) is 0 Å². The van der Waals surface area contributed by atoms with Crippen LogP contribution in [-0.2, 0) is 9.63 Å². The molecule has 0 saturated heterocycles. The number of halogens is 3. The Morgan fingerprint density at radius 3 is 2.42 bits per heavy atom. The normalized spacial score (nSPS) is 11.3. The Bertz CT molecular complexity index is 469. The average Bonchev–Trinajstić information content (AvgIpc) is 2.33. The third-order valence-electron chi connectivity index (χ3n) is 1.87. The number of carbonyl (C=O) groups excluding carboxylic acids is 2. The summed E-state index contributed by atoms with van der Waals surface area (Å²) in [5.41, 5.74) is 2.25. The average molecular weight is 273 g/mol. The van der Waals surface area contributed by atoms with Crippen LogP contribution in [0.4, 0.5) is 13.2 Å². The van der Waals surface area contributed by atoms with Crippen molar-refractivity contribution in [1.82, 2.24) is 5.48 Å². The number of nitrogens with one attached hydrogen (secondary N) is 1. The monoisotopic (exact) mass is 273 g/mol. The molecule has 7 heteroatoms. The number of alkyl halides is 3. The van der Waals surface area contributed by atoms with Crippen LogP contribution in [0.5, 0.6) is 0 Å². The fourth-order valence-electron chi connectivity index (χ4n) is 1.10. The minimum Gasteiger partial charge on any atom is -0.339 e. The summed E-state index contributed by atoms with van der Waals surface area (Å²) < 4.78 is 35.4. The molecular weight excluding hydrogens is 263 g/mol. The van der Waals surface area contributed by atoms with Crippen molar-refractivity contribution in [2.75, 3.05) is 0 Å². The molecule has 0 radical (unpaired) electrons. The number of hydrogen-bond acceptors (Lipinski definition) is 4. The maximum Gasteiger partial charge on any atom is 0.396 e. The van der Waals surface area contributed by atoms with Gasteiger partial charge in [-0.3, -0.25) is 4.79 Å². The second kappa shape index (κ2) is 6.58. The van der Waals surface area contributed by atoms with Crippen LogP contribution in [-0.4, -0.2) is 17.9 Å². The van der Waals surface area contributed by atoms with E-state index in [4.69, 9.17) is 0 Å². The summed E-state index contributed by atoms with van der Waals surface area (Å²) in [4.78, 5) is 26.6. The van der Waals surface area contributed by atoms with E-state index in [0.717, 1.165) is 6.20 Å². The molecule has 0 atom stereocenters. The molecule has 0 unspecified atom stereocenters. The van der Waals surface area contributed by atoms with E-state index in [-0.39, 0.29) is 5.56 Å². The Morgan fingerprint density at radius 1 is 1.21 bits per heavy atom. The molecular formula is C12H10F3NO3. The number of carbonyl (C=O) groups is 2. The lowest BCUT2D eigenvalue weighted by Crippen LogP contribution is -2.16. The summed E-state index contributed by atoms with van der Waals surface area (Å²) in [6, 6.07) is 7.96. The second-order valence-electron chi connectivity index (χ2n) is 3.46. The van der Waals surface area contributed by atoms with Crippen molar-refractivity contribution in [2.24, 2.45) is 0 Å². The van der Waals surface area contributed by atoms with Crippen molar-refractivity contribution in [2.45, 2.75) is 12.6 Å². The molecule has 0 aliphatic rings. The molecule has 0 spiro atoms. The molecule has 1 aromatic rings. The number of hydroxylamine groups is 1. The van der Waals surface area contributed by atoms with Crippen molar-refractivity contribution < 1.29 is 27.6 Å². The van der Waals surface area contributed by atoms with Crippen molar-refractivity contribution >= 4 is 11.8 Å². The van der Waals surface area contributed by atoms with Crippen LogP contribution < -0.4 is 5.48 Å². The fourth-order valence-corrected chi connectivity index (χ4v) is 1.10. The summed E-state index contributed by atoms with van der Waals surface area (Å²) in [6.07, 6.45) is -4.64. The molecule has 0 aliphatic carbocycles. The van der Waals surface area contributed by atoms with Gasteiger partial charge in [0, 0.05) is 12.3 Å². The number of hydrogen-bond donors (Lipinski definition) is 1. The largest absolute Gasteiger partial charge is 0.396 e. The summed E-state index contributed by atoms with van der Waals surface area (Å²) in [6.45, 7) is 0. The Labute approximate surface area is 106 Å². The lowest BCUT2D eigenvalue weighted by molar-refractivity contribution is -0.149. The van der Waals surface area contributed by atoms with Gasteiger partial charge in [0.25, 0.3) is 0 Å². The van der Waals surface area contributed by atoms with Gasteiger partial charge in [0.1, 0.15) is 6.42 Å². The first-order valence-electron chi connectivity index (χ1n) is 5.16. The predicted octanol–water partition coefficient (Wildman–Crippen LogP) is 2.38. The van der Waals surface area contributed by atoms with Crippen LogP contribution >= 0.6 is 0 Å². The van der Waals surface area contributed by atoms with E-state index >= 15 is 0 Å². The third kappa shape index (κ3) is 6.25. The molecule has 0 aromatic heterocycles. The molecule has 0 heterocycles. The molecule has 0 bridgehead atoms. The van der Waals surface area contributed by atoms with E-state index in [9.17, 15) is 22.8 Å². The number of benzene rings is 1. The highest BCUT2D eigenvalue weighted by molar-refractivity contribution is 5.90. The lowest BCUT2D eigenvalue weighted by Gasteiger charge is -2.03. The zero-order valence-corrected chi connectivity index (χ0v) is 9.61. The van der Waals surface area contributed by atoms with Gasteiger partial charge < -0.3 is 4.84 Å². The summed E-state index contributed by atoms with van der Waals surface area (Å²) in [7, 11) is 0. The van der Waals surface area contributed by atoms with E-state index in [2.05, 4.69) is 4.84 Å². The van der Waals surface area contributed by atoms with Crippen LogP contribution in [0.1, 0.15) is 16.8 Å². The number of allylic oxidation sites excluding steroid dienone is 1. The van der Waals surface area contributed by atoms with Gasteiger partial charge in [0.2, 0.25) is 0 Å². The second-order valence-corrected chi connectivity index (χ2v) is 3.46. The summed E-state index contributed by atoms with van der Waals surface area (Å²) >= 11 is 0. The molecule has 1 N–H and O–H groups in total. The van der Waals surface area contributed by atoms with Crippen molar-refractivity contribution in [3.63, 3.8) is 0 Å². The SMILES string of the molecule is O=C(/C=C/NOC(=O)c1ccccc1)CC(F)(F)F. The van der Waals surface area contributed by atoms with E-state index < -0.39 is 24.3 Å². The Balaban J connectivity index is 2.35. The third-order valence-corrected chi connectivity index (χ3v) is 1.87. The van der Waals surface area contributed by atoms with Crippen molar-refractivity contribution in [3.05, 3.63) is 48.2 Å². The van der Waals surface area contributed by atoms with Crippen molar-refractivity contribution in [3.8, 4) is 0 Å². The highest BCUT2D eigenvalue weighted by Crippen LogP contribution is 2.19. The van der Waals surface area contributed by atoms with Crippen molar-refractivity contribution in [1.29, 1.82) is 0 Å². The van der Waals surface area contributed by atoms with E-state index in [0.29, 0.717) is 6.08 Å². The maximum absolute atomic E-state index is 11.8. The van der Waals surface area contributed by atoms with Crippen LogP contribution in [0.2, 0.25) is 0 Å². The van der Waals surface area contributed by atoms with Gasteiger partial charge in [0.05, 0.1) is 5.56 Å². The Morgan fingerprint density at radius 2 is 1.84 bits per heavy atom. The van der Waals surface area contributed by atoms with Crippen LogP contribution in [0, 0.1) is 0 Å². The number of ketones is 1. The molecule has 0 aliphatic heterocycles. The molecule has 1 rings (SSSR count). The molecule has 1 aromatic carbocycles. The van der Waals surface area contributed by atoms with Gasteiger partial charge in [-0.1, -0.05) is 18.2 Å². The molecule has 4 nitrogen and oxygen atoms in total. The molecule has 102 valence electrons. The smallest absolute Gasteiger partial charge is 0.339 e. The first-order valence-corrected chi connectivity index (χ1v) is 5.16. The maximum atomic E-state index is 11.8. The van der Waals surface area contributed by atoms with E-state index in [1.54, 1.807) is 18.2 Å². The molecule has 19 heavy (non-hydrogen) atoms. The van der Waals surface area contributed by atoms with Gasteiger partial charge >= 0.3 is 12.1 Å². The van der Waals surface area contributed by atoms with Crippen LogP contribution in [0.15, 0.2) is 42.6 Å². The van der Waals surface area contributed by atoms with Gasteiger partial charge in [-0.05, 0) is 12.1 Å². The lowest BCUT2D eigenvalue weighted by atomic mass is 10.2. The minimum absolute atomic E-state index is 0.269. The quantitative estimate of drug-likeness (QED) is 0.661. The zero-order valence-electron chi connectivity index (χ0n) is 9.61. The highest BCUT2D eigenvalue weighted by atomic mass is 19.4. The minimum atomic E-state index is -4.55. The topological polar surface area (TPSA) is 55.4 Å². The summed E-state index contributed by atoms with van der Waals surface area (Å²) in [5, 5.41) is 0. The van der Waals surface area contributed by atoms with Gasteiger partial charge in [-0.15, -0.1) is 0 Å². The fraction of sp³-hybridized carbons (Fsp3) is 0.167. The van der Waals surface area contributed by atoms with E-state index in [1.165, 1.54) is 12.1 Å². The van der Waals surface area contributed by atoms with Crippen LogP contribution in [0.3, 0.4) is 0 Å². The summed E-state index contributed by atoms with van der Waals surface area (Å²) in [5.74, 6) is -1.86. The van der Waals surface area contributed by atoms with Gasteiger partial charge in [-0.2, -0.15) is 13.2 Å². The van der Waals surface area contributed by atoms with Gasteiger partial charge in [-0.25, -0.2) is 10.3 Å². The Kier molecular flexibility index (Phi) is 5.11. The number of rotatable bonds is 5. The molecule has 0 saturated carbocycles. The highest BCUT2D eigenvalue weighted by Gasteiger charge is 2.29. The van der Waals surface area contributed by atoms with Gasteiger partial charge in [0.15, 0.2) is 5.78 Å². The molecule has 0 amide bonds. The molecule has 0 fully saturated rings. The predicted molar refractivity (Wildman–Crippen MR) is 59.8 cm³/mol. The first kappa shape index (κ1) is 14.7.